The molecule has 1 aliphatic carbocycles. The predicted octanol–water partition coefficient (Wildman–Crippen LogP) is 2.66. The van der Waals surface area contributed by atoms with Crippen molar-refractivity contribution >= 4 is 40.2 Å². The third kappa shape index (κ3) is 5.14. The van der Waals surface area contributed by atoms with Crippen LogP contribution in [-0.2, 0) is 9.59 Å². The number of piperazine rings is 1. The highest BCUT2D eigenvalue weighted by Crippen LogP contribution is 2.30. The number of carbonyl (C=O) groups excluding carboxylic acids is 2. The predicted molar refractivity (Wildman–Crippen MR) is 131 cm³/mol. The lowest BCUT2D eigenvalue weighted by atomic mass is 9.85. The quantitative estimate of drug-likeness (QED) is 0.615. The fourth-order valence-electron chi connectivity index (χ4n) is 4.55. The highest BCUT2D eigenvalue weighted by molar-refractivity contribution is 6.05. The number of benzene rings is 1. The van der Waals surface area contributed by atoms with Crippen LogP contribution in [0.25, 0.3) is 10.9 Å². The minimum atomic E-state index is -1.03. The van der Waals surface area contributed by atoms with Crippen LogP contribution in [0.1, 0.15) is 43.5 Å². The molecule has 1 aromatic heterocycles. The van der Waals surface area contributed by atoms with Crippen LogP contribution in [0.3, 0.4) is 0 Å². The average molecular weight is 468 g/mol. The number of hydrogen-bond acceptors (Lipinski definition) is 6. The normalized spacial score (nSPS) is 16.8. The van der Waals surface area contributed by atoms with Crippen molar-refractivity contribution in [3.8, 4) is 0 Å². The number of fused-ring (bicyclic) bond motifs is 1. The molecule has 2 aliphatic rings. The molecule has 4 rings (SSSR count). The van der Waals surface area contributed by atoms with E-state index in [1.165, 1.54) is 0 Å². The summed E-state index contributed by atoms with van der Waals surface area (Å²) < 4.78 is 0. The Labute approximate surface area is 199 Å². The molecule has 34 heavy (non-hydrogen) atoms. The first-order valence-electron chi connectivity index (χ1n) is 12.1. The van der Waals surface area contributed by atoms with Crippen LogP contribution in [0.15, 0.2) is 24.3 Å². The van der Waals surface area contributed by atoms with E-state index in [1.54, 1.807) is 24.3 Å². The Morgan fingerprint density at radius 1 is 1.09 bits per heavy atom. The Morgan fingerprint density at radius 2 is 1.79 bits per heavy atom. The van der Waals surface area contributed by atoms with E-state index in [1.807, 2.05) is 18.7 Å². The molecule has 2 heterocycles. The molecule has 9 nitrogen and oxygen atoms in total. The van der Waals surface area contributed by atoms with Crippen molar-refractivity contribution in [2.45, 2.75) is 33.1 Å². The van der Waals surface area contributed by atoms with Crippen molar-refractivity contribution < 1.29 is 19.5 Å². The molecule has 0 atom stereocenters. The maximum atomic E-state index is 12.4. The zero-order chi connectivity index (χ0) is 24.2. The second kappa shape index (κ2) is 10.4. The lowest BCUT2D eigenvalue weighted by molar-refractivity contribution is -0.132. The summed E-state index contributed by atoms with van der Waals surface area (Å²) in [5.41, 5.74) is 1.34. The van der Waals surface area contributed by atoms with Gasteiger partial charge in [0.25, 0.3) is 0 Å². The summed E-state index contributed by atoms with van der Waals surface area (Å²) in [4.78, 5) is 47.5. The zero-order valence-corrected chi connectivity index (χ0v) is 19.9. The van der Waals surface area contributed by atoms with Crippen molar-refractivity contribution in [3.05, 3.63) is 29.8 Å². The van der Waals surface area contributed by atoms with Gasteiger partial charge in [0.2, 0.25) is 11.8 Å². The molecule has 2 N–H and O–H groups in total. The van der Waals surface area contributed by atoms with Gasteiger partial charge in [-0.3, -0.25) is 14.5 Å². The number of amides is 2. The zero-order valence-electron chi connectivity index (χ0n) is 19.9. The van der Waals surface area contributed by atoms with Gasteiger partial charge < -0.3 is 20.2 Å². The number of pyridine rings is 1. The van der Waals surface area contributed by atoms with E-state index in [2.05, 4.69) is 15.1 Å². The van der Waals surface area contributed by atoms with E-state index in [9.17, 15) is 19.5 Å². The molecule has 0 radical (unpaired) electrons. The van der Waals surface area contributed by atoms with Gasteiger partial charge in [-0.15, -0.1) is 0 Å². The molecule has 1 aliphatic heterocycles. The molecule has 1 aromatic carbocycles. The van der Waals surface area contributed by atoms with Crippen molar-refractivity contribution in [2.24, 2.45) is 5.92 Å². The molecular formula is C25H33N5O4. The molecule has 1 saturated carbocycles. The third-order valence-corrected chi connectivity index (χ3v) is 6.94. The van der Waals surface area contributed by atoms with Crippen LogP contribution >= 0.6 is 0 Å². The molecule has 2 amide bonds. The molecule has 0 bridgehead atoms. The van der Waals surface area contributed by atoms with Gasteiger partial charge in [0.05, 0.1) is 17.6 Å². The summed E-state index contributed by atoms with van der Waals surface area (Å²) >= 11 is 0. The number of nitrogens with zero attached hydrogens (tertiary/aromatic N) is 4. The van der Waals surface area contributed by atoms with Crippen LogP contribution in [0.2, 0.25) is 0 Å². The number of hydrogen-bond donors (Lipinski definition) is 2. The lowest BCUT2D eigenvalue weighted by Gasteiger charge is -2.36. The maximum Gasteiger partial charge on any atom is 0.336 e. The molecule has 0 unspecified atom stereocenters. The largest absolute Gasteiger partial charge is 0.478 e. The number of aromatic carboxylic acids is 1. The molecule has 9 heteroatoms. The van der Waals surface area contributed by atoms with Crippen LogP contribution in [-0.4, -0.2) is 83.5 Å². The standard InChI is InChI=1S/C25H33N5O4/c1-3-29(4-2)23(31)16-28-10-12-30(13-11-28)22-15-20(25(33)34)19-14-18(8-9-21(19)27-22)26-24(32)17-6-5-7-17/h8-9,14-15,17H,3-7,10-13,16H2,1-2H3,(H,26,32)(H,33,34). The van der Waals surface area contributed by atoms with Crippen molar-refractivity contribution in [1.29, 1.82) is 0 Å². The number of carboxylic acids is 1. The Bertz CT molecular complexity index is 1070. The van der Waals surface area contributed by atoms with E-state index in [0.29, 0.717) is 68.2 Å². The van der Waals surface area contributed by atoms with Crippen LogP contribution in [0.4, 0.5) is 11.5 Å². The fraction of sp³-hybridized carbons (Fsp3) is 0.520. The van der Waals surface area contributed by atoms with E-state index < -0.39 is 5.97 Å². The number of rotatable bonds is 8. The van der Waals surface area contributed by atoms with Gasteiger partial charge in [-0.05, 0) is 51.0 Å². The molecule has 182 valence electrons. The number of aromatic nitrogens is 1. The Kier molecular flexibility index (Phi) is 7.31. The topological polar surface area (TPSA) is 106 Å². The fourth-order valence-corrected chi connectivity index (χ4v) is 4.55. The minimum absolute atomic E-state index is 0.00981. The average Bonchev–Trinajstić information content (AvgIpc) is 2.78. The first-order valence-corrected chi connectivity index (χ1v) is 12.1. The number of carboxylic acid groups (broad SMARTS) is 1. The summed E-state index contributed by atoms with van der Waals surface area (Å²) in [5.74, 6) is -0.235. The Hall–Kier alpha value is -3.20. The van der Waals surface area contributed by atoms with Gasteiger partial charge in [-0.25, -0.2) is 9.78 Å². The van der Waals surface area contributed by atoms with Crippen molar-refractivity contribution in [2.75, 3.05) is 56.0 Å². The second-order valence-corrected chi connectivity index (χ2v) is 9.01. The Balaban J connectivity index is 1.48. The highest BCUT2D eigenvalue weighted by atomic mass is 16.4. The summed E-state index contributed by atoms with van der Waals surface area (Å²) in [7, 11) is 0. The first-order chi connectivity index (χ1) is 16.4. The van der Waals surface area contributed by atoms with Crippen molar-refractivity contribution in [3.63, 3.8) is 0 Å². The maximum absolute atomic E-state index is 12.4. The summed E-state index contributed by atoms with van der Waals surface area (Å²) in [5, 5.41) is 13.3. The van der Waals surface area contributed by atoms with Gasteiger partial charge in [0.1, 0.15) is 5.82 Å². The SMILES string of the molecule is CCN(CC)C(=O)CN1CCN(c2cc(C(=O)O)c3cc(NC(=O)C4CCC4)ccc3n2)CC1. The van der Waals surface area contributed by atoms with Crippen LogP contribution < -0.4 is 10.2 Å². The summed E-state index contributed by atoms with van der Waals surface area (Å²) in [6, 6.07) is 6.85. The number of anilines is 2. The number of carbonyl (C=O) groups is 3. The summed E-state index contributed by atoms with van der Waals surface area (Å²) in [6.07, 6.45) is 2.88. The third-order valence-electron chi connectivity index (χ3n) is 6.94. The van der Waals surface area contributed by atoms with Gasteiger partial charge in [0, 0.05) is 56.3 Å². The van der Waals surface area contributed by atoms with Crippen molar-refractivity contribution in [1.82, 2.24) is 14.8 Å². The molecule has 0 spiro atoms. The molecule has 2 fully saturated rings. The molecule has 2 aromatic rings. The van der Waals surface area contributed by atoms with Gasteiger partial charge in [0.15, 0.2) is 0 Å². The molecule has 1 saturated heterocycles. The number of nitrogens with one attached hydrogen (secondary N) is 1. The van der Waals surface area contributed by atoms with Gasteiger partial charge in [-0.2, -0.15) is 0 Å². The van der Waals surface area contributed by atoms with E-state index >= 15 is 0 Å². The van der Waals surface area contributed by atoms with Crippen LogP contribution in [0.5, 0.6) is 0 Å². The van der Waals surface area contributed by atoms with Gasteiger partial charge in [-0.1, -0.05) is 6.42 Å². The smallest absolute Gasteiger partial charge is 0.336 e. The Morgan fingerprint density at radius 3 is 2.38 bits per heavy atom. The molecular weight excluding hydrogens is 434 g/mol. The van der Waals surface area contributed by atoms with Gasteiger partial charge >= 0.3 is 5.97 Å². The van der Waals surface area contributed by atoms with E-state index in [4.69, 9.17) is 4.98 Å². The van der Waals surface area contributed by atoms with E-state index in [0.717, 1.165) is 19.3 Å². The lowest BCUT2D eigenvalue weighted by Crippen LogP contribution is -2.50. The van der Waals surface area contributed by atoms with Crippen LogP contribution in [0, 0.1) is 5.92 Å². The highest BCUT2D eigenvalue weighted by Gasteiger charge is 2.26. The second-order valence-electron chi connectivity index (χ2n) is 9.01. The monoisotopic (exact) mass is 467 g/mol. The minimum Gasteiger partial charge on any atom is -0.478 e. The summed E-state index contributed by atoms with van der Waals surface area (Å²) in [6.45, 7) is 8.53. The van der Waals surface area contributed by atoms with E-state index in [-0.39, 0.29) is 23.3 Å². The first kappa shape index (κ1) is 23.9. The number of likely N-dealkylation sites (N-methyl/N-ethyl adjacent to an activating group) is 1.